The maximum atomic E-state index is 5.19. The third kappa shape index (κ3) is 1.55. The third-order valence-electron chi connectivity index (χ3n) is 3.10. The van der Waals surface area contributed by atoms with Crippen molar-refractivity contribution >= 4 is 11.0 Å². The quantitative estimate of drug-likeness (QED) is 0.808. The van der Waals surface area contributed by atoms with Gasteiger partial charge in [0.25, 0.3) is 0 Å². The number of fused-ring (bicyclic) bond motifs is 1. The van der Waals surface area contributed by atoms with Crippen LogP contribution in [-0.2, 0) is 0 Å². The summed E-state index contributed by atoms with van der Waals surface area (Å²) < 4.78 is 5.19. The number of aromatic nitrogens is 2. The van der Waals surface area contributed by atoms with Gasteiger partial charge < -0.3 is 15.0 Å². The molecule has 1 atom stereocenters. The van der Waals surface area contributed by atoms with Gasteiger partial charge in [-0.15, -0.1) is 0 Å². The van der Waals surface area contributed by atoms with Crippen LogP contribution in [0.3, 0.4) is 0 Å². The van der Waals surface area contributed by atoms with Crippen LogP contribution < -0.4 is 10.1 Å². The van der Waals surface area contributed by atoms with E-state index < -0.39 is 0 Å². The molecule has 84 valence electrons. The minimum atomic E-state index is 0.387. The molecule has 2 N–H and O–H groups in total. The van der Waals surface area contributed by atoms with Crippen LogP contribution in [0.5, 0.6) is 5.75 Å². The minimum absolute atomic E-state index is 0.387. The standard InChI is InChI=1S/C12H15N3O/c1-16-8-4-5-9-11(7-8)15-12(14-9)10-3-2-6-13-10/h4-5,7,10,13H,2-3,6H2,1H3,(H,14,15)/t10-/m0/s1. The van der Waals surface area contributed by atoms with E-state index in [0.717, 1.165) is 35.6 Å². The normalized spacial score (nSPS) is 20.4. The van der Waals surface area contributed by atoms with Crippen molar-refractivity contribution < 1.29 is 4.74 Å². The van der Waals surface area contributed by atoms with Crippen LogP contribution in [-0.4, -0.2) is 23.6 Å². The van der Waals surface area contributed by atoms with Crippen molar-refractivity contribution in [3.05, 3.63) is 24.0 Å². The zero-order chi connectivity index (χ0) is 11.0. The number of ether oxygens (including phenoxy) is 1. The Balaban J connectivity index is 2.01. The topological polar surface area (TPSA) is 49.9 Å². The van der Waals surface area contributed by atoms with Gasteiger partial charge in [-0.2, -0.15) is 0 Å². The van der Waals surface area contributed by atoms with Gasteiger partial charge in [-0.05, 0) is 31.5 Å². The largest absolute Gasteiger partial charge is 0.497 e. The second-order valence-corrected chi connectivity index (χ2v) is 4.15. The molecular weight excluding hydrogens is 202 g/mol. The summed E-state index contributed by atoms with van der Waals surface area (Å²) in [5.74, 6) is 1.91. The van der Waals surface area contributed by atoms with Crippen LogP contribution >= 0.6 is 0 Å². The van der Waals surface area contributed by atoms with E-state index in [1.807, 2.05) is 18.2 Å². The molecule has 2 heterocycles. The van der Waals surface area contributed by atoms with Gasteiger partial charge in [0.15, 0.2) is 0 Å². The summed E-state index contributed by atoms with van der Waals surface area (Å²) in [4.78, 5) is 7.96. The lowest BCUT2D eigenvalue weighted by Crippen LogP contribution is -2.13. The first-order valence-corrected chi connectivity index (χ1v) is 5.64. The van der Waals surface area contributed by atoms with Crippen LogP contribution in [0.4, 0.5) is 0 Å². The summed E-state index contributed by atoms with van der Waals surface area (Å²) in [6.07, 6.45) is 2.39. The molecule has 2 aromatic rings. The first-order chi connectivity index (χ1) is 7.86. The monoisotopic (exact) mass is 217 g/mol. The summed E-state index contributed by atoms with van der Waals surface area (Å²) in [5.41, 5.74) is 2.05. The molecule has 16 heavy (non-hydrogen) atoms. The number of imidazole rings is 1. The van der Waals surface area contributed by atoms with Crippen LogP contribution in [0.1, 0.15) is 24.7 Å². The molecule has 0 aliphatic carbocycles. The van der Waals surface area contributed by atoms with Gasteiger partial charge in [0.05, 0.1) is 24.2 Å². The van der Waals surface area contributed by atoms with Gasteiger partial charge in [0.1, 0.15) is 11.6 Å². The SMILES string of the molecule is COc1ccc2nc([C@@H]3CCCN3)[nH]c2c1. The second kappa shape index (κ2) is 3.79. The number of nitrogens with zero attached hydrogens (tertiary/aromatic N) is 1. The Hall–Kier alpha value is -1.55. The first-order valence-electron chi connectivity index (χ1n) is 5.64. The Morgan fingerprint density at radius 2 is 2.38 bits per heavy atom. The molecule has 0 unspecified atom stereocenters. The van der Waals surface area contributed by atoms with E-state index in [9.17, 15) is 0 Å². The maximum Gasteiger partial charge on any atom is 0.124 e. The Labute approximate surface area is 94.0 Å². The summed E-state index contributed by atoms with van der Waals surface area (Å²) in [7, 11) is 1.68. The Morgan fingerprint density at radius 1 is 1.44 bits per heavy atom. The lowest BCUT2D eigenvalue weighted by molar-refractivity contribution is 0.415. The van der Waals surface area contributed by atoms with Crippen LogP contribution in [0.25, 0.3) is 11.0 Å². The van der Waals surface area contributed by atoms with E-state index >= 15 is 0 Å². The highest BCUT2D eigenvalue weighted by atomic mass is 16.5. The Morgan fingerprint density at radius 3 is 3.12 bits per heavy atom. The molecule has 1 fully saturated rings. The number of aromatic amines is 1. The van der Waals surface area contributed by atoms with Crippen molar-refractivity contribution in [3.8, 4) is 5.75 Å². The number of nitrogens with one attached hydrogen (secondary N) is 2. The Bertz CT molecular complexity index is 500. The summed E-state index contributed by atoms with van der Waals surface area (Å²) in [6, 6.07) is 6.30. The lowest BCUT2D eigenvalue weighted by Gasteiger charge is -2.04. The minimum Gasteiger partial charge on any atom is -0.497 e. The highest BCUT2D eigenvalue weighted by Crippen LogP contribution is 2.25. The summed E-state index contributed by atoms with van der Waals surface area (Å²) in [5, 5.41) is 3.44. The number of H-pyrrole nitrogens is 1. The number of methoxy groups -OCH3 is 1. The van der Waals surface area contributed by atoms with Gasteiger partial charge in [-0.25, -0.2) is 4.98 Å². The molecule has 1 aliphatic heterocycles. The molecule has 1 aliphatic rings. The third-order valence-corrected chi connectivity index (χ3v) is 3.10. The van der Waals surface area contributed by atoms with Crippen molar-refractivity contribution in [1.82, 2.24) is 15.3 Å². The molecule has 4 heteroatoms. The van der Waals surface area contributed by atoms with Gasteiger partial charge in [-0.3, -0.25) is 0 Å². The van der Waals surface area contributed by atoms with Crippen molar-refractivity contribution in [1.29, 1.82) is 0 Å². The van der Waals surface area contributed by atoms with Crippen LogP contribution in [0.2, 0.25) is 0 Å². The van der Waals surface area contributed by atoms with Crippen molar-refractivity contribution in [2.75, 3.05) is 13.7 Å². The molecular formula is C12H15N3O. The van der Waals surface area contributed by atoms with E-state index in [2.05, 4.69) is 15.3 Å². The van der Waals surface area contributed by atoms with E-state index in [0.29, 0.717) is 6.04 Å². The molecule has 4 nitrogen and oxygen atoms in total. The van der Waals surface area contributed by atoms with Gasteiger partial charge in [-0.1, -0.05) is 0 Å². The molecule has 1 aromatic carbocycles. The first kappa shape index (κ1) is 9.66. The zero-order valence-corrected chi connectivity index (χ0v) is 9.29. The number of hydrogen-bond donors (Lipinski definition) is 2. The number of rotatable bonds is 2. The molecule has 3 rings (SSSR count). The predicted molar refractivity (Wildman–Crippen MR) is 62.6 cm³/mol. The molecule has 1 saturated heterocycles. The fourth-order valence-electron chi connectivity index (χ4n) is 2.22. The number of benzene rings is 1. The molecule has 0 bridgehead atoms. The highest BCUT2D eigenvalue weighted by Gasteiger charge is 2.19. The van der Waals surface area contributed by atoms with Gasteiger partial charge in [0.2, 0.25) is 0 Å². The van der Waals surface area contributed by atoms with Crippen molar-refractivity contribution in [2.45, 2.75) is 18.9 Å². The molecule has 1 aromatic heterocycles. The highest BCUT2D eigenvalue weighted by molar-refractivity contribution is 5.76. The fraction of sp³-hybridized carbons (Fsp3) is 0.417. The smallest absolute Gasteiger partial charge is 0.124 e. The summed E-state index contributed by atoms with van der Waals surface area (Å²) >= 11 is 0. The van der Waals surface area contributed by atoms with E-state index in [-0.39, 0.29) is 0 Å². The van der Waals surface area contributed by atoms with Crippen molar-refractivity contribution in [3.63, 3.8) is 0 Å². The van der Waals surface area contributed by atoms with E-state index in [4.69, 9.17) is 4.74 Å². The Kier molecular flexibility index (Phi) is 2.29. The van der Waals surface area contributed by atoms with Crippen LogP contribution in [0, 0.1) is 0 Å². The van der Waals surface area contributed by atoms with E-state index in [1.165, 1.54) is 6.42 Å². The van der Waals surface area contributed by atoms with Gasteiger partial charge in [0, 0.05) is 6.07 Å². The summed E-state index contributed by atoms with van der Waals surface area (Å²) in [6.45, 7) is 1.09. The molecule has 0 amide bonds. The van der Waals surface area contributed by atoms with Gasteiger partial charge >= 0.3 is 0 Å². The van der Waals surface area contributed by atoms with Crippen LogP contribution in [0.15, 0.2) is 18.2 Å². The molecule has 0 saturated carbocycles. The molecule has 0 radical (unpaired) electrons. The van der Waals surface area contributed by atoms with Crippen molar-refractivity contribution in [2.24, 2.45) is 0 Å². The zero-order valence-electron chi connectivity index (χ0n) is 9.29. The second-order valence-electron chi connectivity index (χ2n) is 4.15. The number of hydrogen-bond acceptors (Lipinski definition) is 3. The average molecular weight is 217 g/mol. The van der Waals surface area contributed by atoms with E-state index in [1.54, 1.807) is 7.11 Å². The fourth-order valence-corrected chi connectivity index (χ4v) is 2.22. The maximum absolute atomic E-state index is 5.19. The molecule has 0 spiro atoms. The lowest BCUT2D eigenvalue weighted by atomic mass is 10.2. The predicted octanol–water partition coefficient (Wildman–Crippen LogP) is 2.00. The average Bonchev–Trinajstić information content (AvgIpc) is 2.96.